The minimum Gasteiger partial charge on any atom is -0.343 e. The van der Waals surface area contributed by atoms with Crippen LogP contribution in [0.25, 0.3) is 11.3 Å². The Hall–Kier alpha value is -1.48. The van der Waals surface area contributed by atoms with Crippen molar-refractivity contribution in [1.82, 2.24) is 9.97 Å². The predicted molar refractivity (Wildman–Crippen MR) is 78.4 cm³/mol. The molecule has 0 aliphatic heterocycles. The smallest absolute Gasteiger partial charge is 0.133 e. The first-order chi connectivity index (χ1) is 8.49. The average molecular weight is 258 g/mol. The molecular weight excluding hydrogens is 240 g/mol. The van der Waals surface area contributed by atoms with Gasteiger partial charge in [-0.15, -0.1) is 0 Å². The lowest BCUT2D eigenvalue weighted by Gasteiger charge is -2.10. The highest BCUT2D eigenvalue weighted by Crippen LogP contribution is 2.24. The van der Waals surface area contributed by atoms with E-state index < -0.39 is 0 Å². The van der Waals surface area contributed by atoms with E-state index in [-0.39, 0.29) is 0 Å². The van der Waals surface area contributed by atoms with E-state index in [0.717, 1.165) is 22.6 Å². The second-order valence-corrected chi connectivity index (χ2v) is 5.29. The van der Waals surface area contributed by atoms with Gasteiger partial charge in [-0.05, 0) is 30.9 Å². The van der Waals surface area contributed by atoms with Crippen molar-refractivity contribution in [2.24, 2.45) is 0 Å². The molecule has 0 saturated carbocycles. The molecule has 0 aliphatic rings. The van der Waals surface area contributed by atoms with Gasteiger partial charge in [0.15, 0.2) is 0 Å². The summed E-state index contributed by atoms with van der Waals surface area (Å²) in [6, 6.07) is 8.63. The van der Waals surface area contributed by atoms with Gasteiger partial charge in [-0.3, -0.25) is 0 Å². The van der Waals surface area contributed by atoms with Crippen LogP contribution in [0.15, 0.2) is 24.3 Å². The molecule has 2 aromatic rings. The molecule has 0 unspecified atom stereocenters. The van der Waals surface area contributed by atoms with Crippen LogP contribution in [0.2, 0.25) is 0 Å². The number of aromatic amines is 1. The van der Waals surface area contributed by atoms with Crippen molar-refractivity contribution >= 4 is 12.2 Å². The van der Waals surface area contributed by atoms with Crippen molar-refractivity contribution in [3.63, 3.8) is 0 Å². The van der Waals surface area contributed by atoms with Gasteiger partial charge in [0.1, 0.15) is 10.5 Å². The molecule has 0 spiro atoms. The number of H-pyrrole nitrogens is 1. The van der Waals surface area contributed by atoms with Crippen molar-refractivity contribution in [3.05, 3.63) is 45.9 Å². The molecule has 1 N–H and O–H groups in total. The molecule has 1 heterocycles. The summed E-state index contributed by atoms with van der Waals surface area (Å²) in [5.41, 5.74) is 4.62. The Morgan fingerprint density at radius 3 is 2.28 bits per heavy atom. The van der Waals surface area contributed by atoms with Gasteiger partial charge in [0.2, 0.25) is 0 Å². The lowest BCUT2D eigenvalue weighted by molar-refractivity contribution is 0.867. The molecular formula is C15H18N2S. The molecule has 2 nitrogen and oxygen atoms in total. The second kappa shape index (κ2) is 5.02. The van der Waals surface area contributed by atoms with E-state index >= 15 is 0 Å². The molecule has 18 heavy (non-hydrogen) atoms. The molecule has 0 saturated heterocycles. The van der Waals surface area contributed by atoms with E-state index in [9.17, 15) is 0 Å². The third kappa shape index (κ3) is 2.51. The summed E-state index contributed by atoms with van der Waals surface area (Å²) in [7, 11) is 0. The summed E-state index contributed by atoms with van der Waals surface area (Å²) in [6.45, 7) is 8.34. The van der Waals surface area contributed by atoms with Crippen LogP contribution in [-0.4, -0.2) is 9.97 Å². The molecule has 94 valence electrons. The number of rotatable bonds is 2. The molecule has 0 atom stereocenters. The van der Waals surface area contributed by atoms with Gasteiger partial charge in [0.25, 0.3) is 0 Å². The van der Waals surface area contributed by atoms with Crippen molar-refractivity contribution in [2.75, 3.05) is 0 Å². The number of nitrogens with one attached hydrogen (secondary N) is 1. The highest BCUT2D eigenvalue weighted by molar-refractivity contribution is 7.71. The topological polar surface area (TPSA) is 28.7 Å². The lowest BCUT2D eigenvalue weighted by atomic mass is 10.00. The quantitative estimate of drug-likeness (QED) is 0.801. The molecule has 3 heteroatoms. The average Bonchev–Trinajstić information content (AvgIpc) is 2.34. The maximum atomic E-state index is 5.26. The highest BCUT2D eigenvalue weighted by atomic mass is 32.1. The number of nitrogens with zero attached hydrogens (tertiary/aromatic N) is 1. The maximum Gasteiger partial charge on any atom is 0.133 e. The van der Waals surface area contributed by atoms with Gasteiger partial charge < -0.3 is 4.98 Å². The summed E-state index contributed by atoms with van der Waals surface area (Å²) >= 11 is 5.26. The monoisotopic (exact) mass is 258 g/mol. The van der Waals surface area contributed by atoms with Gasteiger partial charge in [-0.25, -0.2) is 4.98 Å². The Kier molecular flexibility index (Phi) is 3.62. The normalized spacial score (nSPS) is 10.9. The zero-order chi connectivity index (χ0) is 13.3. The first kappa shape index (κ1) is 13.0. The molecule has 2 rings (SSSR count). The third-order valence-corrected chi connectivity index (χ3v) is 3.53. The summed E-state index contributed by atoms with van der Waals surface area (Å²) in [4.78, 5) is 7.57. The second-order valence-electron chi connectivity index (χ2n) is 4.90. The van der Waals surface area contributed by atoms with E-state index in [1.165, 1.54) is 5.56 Å². The molecule has 0 bridgehead atoms. The summed E-state index contributed by atoms with van der Waals surface area (Å²) in [6.07, 6.45) is 0. The Labute approximate surface area is 113 Å². The lowest BCUT2D eigenvalue weighted by Crippen LogP contribution is -1.96. The van der Waals surface area contributed by atoms with E-state index in [1.807, 2.05) is 13.8 Å². The van der Waals surface area contributed by atoms with Gasteiger partial charge in [-0.1, -0.05) is 50.3 Å². The largest absolute Gasteiger partial charge is 0.343 e. The third-order valence-electron chi connectivity index (χ3n) is 3.14. The molecule has 1 aromatic heterocycles. The van der Waals surface area contributed by atoms with Crippen molar-refractivity contribution in [3.8, 4) is 11.3 Å². The fraction of sp³-hybridized carbons (Fsp3) is 0.333. The molecule has 0 radical (unpaired) electrons. The van der Waals surface area contributed by atoms with Gasteiger partial charge >= 0.3 is 0 Å². The van der Waals surface area contributed by atoms with Crippen LogP contribution in [-0.2, 0) is 0 Å². The first-order valence-electron chi connectivity index (χ1n) is 6.17. The van der Waals surface area contributed by atoms with Crippen molar-refractivity contribution < 1.29 is 0 Å². The zero-order valence-corrected chi connectivity index (χ0v) is 12.1. The SMILES string of the molecule is Cc1nc(=S)c(C)c(-c2ccc(C(C)C)cc2)[nH]1. The van der Waals surface area contributed by atoms with Crippen LogP contribution in [0.1, 0.15) is 36.7 Å². The predicted octanol–water partition coefficient (Wildman–Crippen LogP) is 4.55. The van der Waals surface area contributed by atoms with Crippen LogP contribution < -0.4 is 0 Å². The number of hydrogen-bond donors (Lipinski definition) is 1. The fourth-order valence-electron chi connectivity index (χ4n) is 1.97. The Bertz CT molecular complexity index is 609. The summed E-state index contributed by atoms with van der Waals surface area (Å²) in [5.74, 6) is 1.41. The summed E-state index contributed by atoms with van der Waals surface area (Å²) in [5, 5.41) is 0. The first-order valence-corrected chi connectivity index (χ1v) is 6.57. The van der Waals surface area contributed by atoms with Gasteiger partial charge in [-0.2, -0.15) is 0 Å². The standard InChI is InChI=1S/C15H18N2S/c1-9(2)12-5-7-13(8-6-12)14-10(3)15(18)17-11(4)16-14/h5-9H,1-4H3,(H,16,17,18). The number of benzene rings is 1. The van der Waals surface area contributed by atoms with Gasteiger partial charge in [0, 0.05) is 5.56 Å². The molecule has 0 fully saturated rings. The van der Waals surface area contributed by atoms with Crippen LogP contribution in [0.3, 0.4) is 0 Å². The highest BCUT2D eigenvalue weighted by Gasteiger charge is 2.06. The number of aryl methyl sites for hydroxylation is 1. The van der Waals surface area contributed by atoms with Crippen molar-refractivity contribution in [1.29, 1.82) is 0 Å². The minimum atomic E-state index is 0.554. The van der Waals surface area contributed by atoms with E-state index in [1.54, 1.807) is 0 Å². The minimum absolute atomic E-state index is 0.554. The molecule has 0 amide bonds. The number of aromatic nitrogens is 2. The van der Waals surface area contributed by atoms with Gasteiger partial charge in [0.05, 0.1) is 5.69 Å². The Morgan fingerprint density at radius 2 is 1.72 bits per heavy atom. The zero-order valence-electron chi connectivity index (χ0n) is 11.2. The Balaban J connectivity index is 2.52. The number of hydrogen-bond acceptors (Lipinski definition) is 2. The summed E-state index contributed by atoms with van der Waals surface area (Å²) < 4.78 is 0.675. The molecule has 1 aromatic carbocycles. The van der Waals surface area contributed by atoms with Crippen LogP contribution >= 0.6 is 12.2 Å². The van der Waals surface area contributed by atoms with Crippen LogP contribution in [0.4, 0.5) is 0 Å². The van der Waals surface area contributed by atoms with E-state index in [0.29, 0.717) is 10.6 Å². The van der Waals surface area contributed by atoms with E-state index in [4.69, 9.17) is 12.2 Å². The maximum absolute atomic E-state index is 5.26. The van der Waals surface area contributed by atoms with Crippen LogP contribution in [0, 0.1) is 18.5 Å². The van der Waals surface area contributed by atoms with Crippen LogP contribution in [0.5, 0.6) is 0 Å². The molecule has 0 aliphatic carbocycles. The Morgan fingerprint density at radius 1 is 1.11 bits per heavy atom. The van der Waals surface area contributed by atoms with E-state index in [2.05, 4.69) is 48.1 Å². The fourth-order valence-corrected chi connectivity index (χ4v) is 2.21. The van der Waals surface area contributed by atoms with Crippen molar-refractivity contribution in [2.45, 2.75) is 33.6 Å².